The first-order valence-corrected chi connectivity index (χ1v) is 5.62. The van der Waals surface area contributed by atoms with Crippen molar-refractivity contribution in [2.45, 2.75) is 32.6 Å². The molecule has 0 atom stereocenters. The molecule has 0 aromatic heterocycles. The van der Waals surface area contributed by atoms with Crippen molar-refractivity contribution >= 4 is 27.9 Å². The summed E-state index contributed by atoms with van der Waals surface area (Å²) in [6.45, 7) is 2.32. The van der Waals surface area contributed by atoms with Crippen LogP contribution in [0.1, 0.15) is 32.6 Å². The van der Waals surface area contributed by atoms with Crippen molar-refractivity contribution in [2.75, 3.05) is 6.61 Å². The van der Waals surface area contributed by atoms with Gasteiger partial charge in [-0.25, -0.2) is 0 Å². The molecule has 70 valence electrons. The Balaban J connectivity index is 0. The fourth-order valence-electron chi connectivity index (χ4n) is 0.738. The van der Waals surface area contributed by atoms with Crippen LogP contribution >= 0.6 is 0 Å². The zero-order chi connectivity index (χ0) is 8.74. The second kappa shape index (κ2) is 8.26. The average molecular weight is 188 g/mol. The Morgan fingerprint density at radius 2 is 1.67 bits per heavy atom. The molecule has 12 heavy (non-hydrogen) atoms. The number of rotatable bonds is 6. The summed E-state index contributed by atoms with van der Waals surface area (Å²) in [5.74, 6) is 0. The van der Waals surface area contributed by atoms with Crippen LogP contribution in [0.4, 0.5) is 0 Å². The van der Waals surface area contributed by atoms with Crippen LogP contribution in [0.5, 0.6) is 0 Å². The molecule has 0 rings (SSSR count). The minimum absolute atomic E-state index is 0. The average Bonchev–Trinajstić information content (AvgIpc) is 1.85. The maximum absolute atomic E-state index is 8.40. The van der Waals surface area contributed by atoms with Crippen molar-refractivity contribution < 1.29 is 18.8 Å². The van der Waals surface area contributed by atoms with Gasteiger partial charge in [0.05, 0.1) is 0 Å². The molecule has 0 radical (unpaired) electrons. The number of hydrogen-bond donors (Lipinski definition) is 3. The van der Waals surface area contributed by atoms with Crippen LogP contribution in [-0.4, -0.2) is 48.9 Å². The van der Waals surface area contributed by atoms with Crippen LogP contribution < -0.4 is 0 Å². The summed E-state index contributed by atoms with van der Waals surface area (Å²) >= 11 is 0. The van der Waals surface area contributed by atoms with Gasteiger partial charge in [-0.2, -0.15) is 0 Å². The molecule has 0 unspecified atom stereocenters. The van der Waals surface area contributed by atoms with E-state index in [9.17, 15) is 0 Å². The molecular formula is C6H17LiO4Si. The van der Waals surface area contributed by atoms with Gasteiger partial charge in [0.15, 0.2) is 0 Å². The molecule has 4 nitrogen and oxygen atoms in total. The van der Waals surface area contributed by atoms with Crippen LogP contribution in [0, 0.1) is 0 Å². The van der Waals surface area contributed by atoms with Crippen molar-refractivity contribution in [3.63, 3.8) is 0 Å². The molecule has 0 aromatic carbocycles. The third-order valence-electron chi connectivity index (χ3n) is 1.29. The first-order valence-electron chi connectivity index (χ1n) is 3.87. The zero-order valence-corrected chi connectivity index (χ0v) is 7.79. The predicted octanol–water partition coefficient (Wildman–Crippen LogP) is -0.653. The van der Waals surface area contributed by atoms with Crippen molar-refractivity contribution in [2.24, 2.45) is 0 Å². The van der Waals surface area contributed by atoms with Gasteiger partial charge < -0.3 is 18.8 Å². The summed E-state index contributed by atoms with van der Waals surface area (Å²) in [6.07, 6.45) is 4.01. The number of unbranched alkanes of at least 4 members (excludes halogenated alkanes) is 3. The summed E-state index contributed by atoms with van der Waals surface area (Å²) in [7, 11) is -4.22. The van der Waals surface area contributed by atoms with Gasteiger partial charge in [0, 0.05) is 6.61 Å². The molecule has 0 heterocycles. The van der Waals surface area contributed by atoms with Gasteiger partial charge in [-0.3, -0.25) is 0 Å². The van der Waals surface area contributed by atoms with Gasteiger partial charge >= 0.3 is 27.9 Å². The van der Waals surface area contributed by atoms with Crippen LogP contribution in [0.25, 0.3) is 0 Å². The summed E-state index contributed by atoms with van der Waals surface area (Å²) in [6, 6.07) is 0. The molecule has 0 bridgehead atoms. The van der Waals surface area contributed by atoms with E-state index in [1.54, 1.807) is 0 Å². The fraction of sp³-hybridized carbons (Fsp3) is 1.00. The normalized spacial score (nSPS) is 11.0. The molecule has 0 aliphatic heterocycles. The van der Waals surface area contributed by atoms with Crippen LogP contribution in [0.15, 0.2) is 0 Å². The van der Waals surface area contributed by atoms with E-state index in [0.717, 1.165) is 25.7 Å². The zero-order valence-electron chi connectivity index (χ0n) is 6.79. The minimum atomic E-state index is -4.22. The van der Waals surface area contributed by atoms with E-state index in [1.165, 1.54) is 0 Å². The standard InChI is InChI=1S/C6H16O4Si.Li.H/c1-2-3-4-5-6-10-11(7,8)9;;/h7-9H,2-6H2,1H3;;. The molecule has 0 amide bonds. The predicted molar refractivity (Wildman–Crippen MR) is 49.7 cm³/mol. The third kappa shape index (κ3) is 13.3. The molecule has 0 spiro atoms. The van der Waals surface area contributed by atoms with Gasteiger partial charge in [0.2, 0.25) is 0 Å². The van der Waals surface area contributed by atoms with E-state index in [1.807, 2.05) is 0 Å². The van der Waals surface area contributed by atoms with E-state index < -0.39 is 9.05 Å². The molecular weight excluding hydrogens is 171 g/mol. The van der Waals surface area contributed by atoms with E-state index in [0.29, 0.717) is 0 Å². The Kier molecular flexibility index (Phi) is 10.4. The second-order valence-corrected chi connectivity index (χ2v) is 3.92. The second-order valence-electron chi connectivity index (χ2n) is 2.48. The summed E-state index contributed by atoms with van der Waals surface area (Å²) in [5, 5.41) is 0. The Morgan fingerprint density at radius 3 is 2.08 bits per heavy atom. The van der Waals surface area contributed by atoms with E-state index in [2.05, 4.69) is 11.3 Å². The van der Waals surface area contributed by atoms with Crippen molar-refractivity contribution in [3.8, 4) is 0 Å². The first-order chi connectivity index (χ1) is 5.06. The molecule has 0 aromatic rings. The van der Waals surface area contributed by atoms with Crippen LogP contribution in [-0.2, 0) is 4.43 Å². The quantitative estimate of drug-likeness (QED) is 0.382. The van der Waals surface area contributed by atoms with Crippen LogP contribution in [0.3, 0.4) is 0 Å². The van der Waals surface area contributed by atoms with Gasteiger partial charge in [-0.1, -0.05) is 26.2 Å². The molecule has 3 N–H and O–H groups in total. The van der Waals surface area contributed by atoms with Crippen molar-refractivity contribution in [1.29, 1.82) is 0 Å². The SMILES string of the molecule is CCCCCCO[Si](O)(O)O.[LiH]. The summed E-state index contributed by atoms with van der Waals surface area (Å²) in [4.78, 5) is 25.2. The molecule has 6 heteroatoms. The van der Waals surface area contributed by atoms with Crippen LogP contribution in [0.2, 0.25) is 0 Å². The Hall–Kier alpha value is 0.654. The van der Waals surface area contributed by atoms with E-state index in [-0.39, 0.29) is 25.5 Å². The monoisotopic (exact) mass is 188 g/mol. The first kappa shape index (κ1) is 15.1. The summed E-state index contributed by atoms with van der Waals surface area (Å²) < 4.78 is 4.38. The Labute approximate surface area is 86.2 Å². The molecule has 0 saturated heterocycles. The molecule has 0 fully saturated rings. The van der Waals surface area contributed by atoms with E-state index in [4.69, 9.17) is 14.4 Å². The maximum atomic E-state index is 8.40. The third-order valence-corrected chi connectivity index (χ3v) is 1.89. The van der Waals surface area contributed by atoms with Crippen molar-refractivity contribution in [1.82, 2.24) is 0 Å². The van der Waals surface area contributed by atoms with Crippen molar-refractivity contribution in [3.05, 3.63) is 0 Å². The molecule has 0 saturated carbocycles. The van der Waals surface area contributed by atoms with Gasteiger partial charge in [-0.05, 0) is 6.42 Å². The Bertz CT molecular complexity index is 96.0. The topological polar surface area (TPSA) is 69.9 Å². The number of hydrogen-bond acceptors (Lipinski definition) is 4. The molecule has 0 aliphatic carbocycles. The molecule has 0 aliphatic rings. The Morgan fingerprint density at radius 1 is 1.08 bits per heavy atom. The summed E-state index contributed by atoms with van der Waals surface area (Å²) in [5.41, 5.74) is 0. The van der Waals surface area contributed by atoms with Gasteiger partial charge in [0.25, 0.3) is 0 Å². The van der Waals surface area contributed by atoms with Gasteiger partial charge in [-0.15, -0.1) is 0 Å². The van der Waals surface area contributed by atoms with Gasteiger partial charge in [0.1, 0.15) is 0 Å². The van der Waals surface area contributed by atoms with E-state index >= 15 is 0 Å². The fourth-order valence-corrected chi connectivity index (χ4v) is 1.16.